The molecule has 1 N–H and O–H groups in total. The van der Waals surface area contributed by atoms with Crippen molar-refractivity contribution in [2.24, 2.45) is 0 Å². The van der Waals surface area contributed by atoms with Crippen molar-refractivity contribution >= 4 is 5.69 Å². The molecule has 2 aromatic carbocycles. The molecule has 2 aromatic rings. The molecule has 0 aliphatic heterocycles. The van der Waals surface area contributed by atoms with E-state index in [9.17, 15) is 0 Å². The topological polar surface area (TPSA) is 12.0 Å². The summed E-state index contributed by atoms with van der Waals surface area (Å²) in [5, 5.41) is 3.49. The number of hydrogen-bond donors (Lipinski definition) is 1. The highest BCUT2D eigenvalue weighted by Crippen LogP contribution is 2.20. The predicted octanol–water partition coefficient (Wildman–Crippen LogP) is 4.79. The van der Waals surface area contributed by atoms with E-state index >= 15 is 0 Å². The average molecular weight is 263 g/mol. The number of rotatable bonds is 5. The Kier molecular flexibility index (Phi) is 4.85. The zero-order valence-electron chi connectivity index (χ0n) is 12.2. The van der Waals surface area contributed by atoms with Gasteiger partial charge in [-0.05, 0) is 42.7 Å². The zero-order valence-corrected chi connectivity index (χ0v) is 12.2. The number of nitrogens with one attached hydrogen (secondary N) is 1. The molecule has 1 heteroatoms. The normalized spacial score (nSPS) is 11.7. The van der Waals surface area contributed by atoms with Crippen LogP contribution in [0, 0.1) is 12.3 Å². The van der Waals surface area contributed by atoms with Gasteiger partial charge in [0, 0.05) is 17.3 Å². The Labute approximate surface area is 122 Å². The SMILES string of the molecule is C#Cc1cccc(NC(C)c2ccc(CCC)cc2)c1. The Morgan fingerprint density at radius 1 is 1.15 bits per heavy atom. The first-order chi connectivity index (χ1) is 9.72. The summed E-state index contributed by atoms with van der Waals surface area (Å²) in [5.74, 6) is 2.66. The fourth-order valence-electron chi connectivity index (χ4n) is 2.29. The molecule has 0 saturated heterocycles. The summed E-state index contributed by atoms with van der Waals surface area (Å²) in [7, 11) is 0. The smallest absolute Gasteiger partial charge is 0.0485 e. The summed E-state index contributed by atoms with van der Waals surface area (Å²) in [6, 6.07) is 17.1. The lowest BCUT2D eigenvalue weighted by molar-refractivity contribution is 0.876. The molecular weight excluding hydrogens is 242 g/mol. The van der Waals surface area contributed by atoms with Crippen LogP contribution in [-0.4, -0.2) is 0 Å². The molecule has 0 radical (unpaired) electrons. The highest BCUT2D eigenvalue weighted by atomic mass is 14.9. The van der Waals surface area contributed by atoms with Crippen LogP contribution in [0.1, 0.15) is 43.0 Å². The van der Waals surface area contributed by atoms with Gasteiger partial charge >= 0.3 is 0 Å². The molecule has 1 unspecified atom stereocenters. The number of anilines is 1. The molecule has 2 rings (SSSR count). The van der Waals surface area contributed by atoms with Gasteiger partial charge in [-0.1, -0.05) is 49.6 Å². The first kappa shape index (κ1) is 14.2. The molecule has 1 atom stereocenters. The van der Waals surface area contributed by atoms with Gasteiger partial charge in [0.05, 0.1) is 0 Å². The van der Waals surface area contributed by atoms with Gasteiger partial charge in [-0.3, -0.25) is 0 Å². The van der Waals surface area contributed by atoms with E-state index in [0.29, 0.717) is 0 Å². The van der Waals surface area contributed by atoms with Crippen molar-refractivity contribution < 1.29 is 0 Å². The number of aryl methyl sites for hydroxylation is 1. The lowest BCUT2D eigenvalue weighted by Crippen LogP contribution is -2.06. The van der Waals surface area contributed by atoms with Crippen molar-refractivity contribution in [3.8, 4) is 12.3 Å². The minimum absolute atomic E-state index is 0.263. The molecule has 0 heterocycles. The molecule has 0 saturated carbocycles. The summed E-state index contributed by atoms with van der Waals surface area (Å²) in [6.07, 6.45) is 7.76. The van der Waals surface area contributed by atoms with Crippen molar-refractivity contribution in [2.75, 3.05) is 5.32 Å². The van der Waals surface area contributed by atoms with E-state index in [0.717, 1.165) is 17.7 Å². The van der Waals surface area contributed by atoms with Gasteiger partial charge in [0.1, 0.15) is 0 Å². The summed E-state index contributed by atoms with van der Waals surface area (Å²) in [4.78, 5) is 0. The van der Waals surface area contributed by atoms with E-state index in [1.54, 1.807) is 0 Å². The second-order valence-corrected chi connectivity index (χ2v) is 5.08. The van der Waals surface area contributed by atoms with Crippen LogP contribution >= 0.6 is 0 Å². The molecule has 20 heavy (non-hydrogen) atoms. The van der Waals surface area contributed by atoms with E-state index in [2.05, 4.69) is 49.4 Å². The lowest BCUT2D eigenvalue weighted by atomic mass is 10.0. The summed E-state index contributed by atoms with van der Waals surface area (Å²) in [5.41, 5.74) is 4.65. The highest BCUT2D eigenvalue weighted by Gasteiger charge is 2.05. The molecule has 0 aromatic heterocycles. The quantitative estimate of drug-likeness (QED) is 0.764. The Hall–Kier alpha value is -2.20. The minimum Gasteiger partial charge on any atom is -0.378 e. The van der Waals surface area contributed by atoms with Crippen LogP contribution in [0.2, 0.25) is 0 Å². The van der Waals surface area contributed by atoms with Crippen molar-refractivity contribution in [2.45, 2.75) is 32.7 Å². The van der Waals surface area contributed by atoms with Gasteiger partial charge < -0.3 is 5.32 Å². The summed E-state index contributed by atoms with van der Waals surface area (Å²) >= 11 is 0. The lowest BCUT2D eigenvalue weighted by Gasteiger charge is -2.16. The van der Waals surface area contributed by atoms with Crippen LogP contribution in [0.25, 0.3) is 0 Å². The maximum atomic E-state index is 5.43. The van der Waals surface area contributed by atoms with Gasteiger partial charge in [0.2, 0.25) is 0 Å². The van der Waals surface area contributed by atoms with Crippen LogP contribution in [0.3, 0.4) is 0 Å². The van der Waals surface area contributed by atoms with Crippen LogP contribution in [-0.2, 0) is 6.42 Å². The van der Waals surface area contributed by atoms with E-state index in [-0.39, 0.29) is 6.04 Å². The van der Waals surface area contributed by atoms with Gasteiger partial charge in [-0.15, -0.1) is 6.42 Å². The van der Waals surface area contributed by atoms with Crippen molar-refractivity contribution in [1.82, 2.24) is 0 Å². The van der Waals surface area contributed by atoms with E-state index in [1.807, 2.05) is 24.3 Å². The zero-order chi connectivity index (χ0) is 14.4. The standard InChI is InChI=1S/C19H21N/c1-4-7-17-10-12-18(13-11-17)15(3)20-19-9-6-8-16(5-2)14-19/h2,6,8-15,20H,4,7H2,1,3H3. The second kappa shape index (κ2) is 6.82. The van der Waals surface area contributed by atoms with Gasteiger partial charge in [-0.2, -0.15) is 0 Å². The maximum absolute atomic E-state index is 5.43. The van der Waals surface area contributed by atoms with Crippen molar-refractivity contribution in [1.29, 1.82) is 0 Å². The Bertz CT molecular complexity index is 590. The molecule has 0 aliphatic rings. The van der Waals surface area contributed by atoms with E-state index in [1.165, 1.54) is 17.5 Å². The average Bonchev–Trinajstić information content (AvgIpc) is 2.48. The molecule has 0 fully saturated rings. The molecule has 0 amide bonds. The first-order valence-electron chi connectivity index (χ1n) is 7.15. The van der Waals surface area contributed by atoms with Crippen LogP contribution in [0.4, 0.5) is 5.69 Å². The molecule has 0 spiro atoms. The van der Waals surface area contributed by atoms with Crippen LogP contribution < -0.4 is 5.32 Å². The molecular formula is C19H21N. The third kappa shape index (κ3) is 3.65. The van der Waals surface area contributed by atoms with Gasteiger partial charge in [-0.25, -0.2) is 0 Å². The van der Waals surface area contributed by atoms with E-state index < -0.39 is 0 Å². The second-order valence-electron chi connectivity index (χ2n) is 5.08. The van der Waals surface area contributed by atoms with E-state index in [4.69, 9.17) is 6.42 Å². The molecule has 0 aliphatic carbocycles. The summed E-state index contributed by atoms with van der Waals surface area (Å²) in [6.45, 7) is 4.37. The predicted molar refractivity (Wildman–Crippen MR) is 86.9 cm³/mol. The molecule has 0 bridgehead atoms. The Balaban J connectivity index is 2.07. The largest absolute Gasteiger partial charge is 0.378 e. The fourth-order valence-corrected chi connectivity index (χ4v) is 2.29. The third-order valence-electron chi connectivity index (χ3n) is 3.43. The van der Waals surface area contributed by atoms with Gasteiger partial charge in [0.15, 0.2) is 0 Å². The Morgan fingerprint density at radius 3 is 2.55 bits per heavy atom. The van der Waals surface area contributed by atoms with Crippen LogP contribution in [0.5, 0.6) is 0 Å². The molecule has 1 nitrogen and oxygen atoms in total. The minimum atomic E-state index is 0.263. The number of hydrogen-bond acceptors (Lipinski definition) is 1. The highest BCUT2D eigenvalue weighted by molar-refractivity contribution is 5.51. The van der Waals surface area contributed by atoms with Crippen molar-refractivity contribution in [3.63, 3.8) is 0 Å². The maximum Gasteiger partial charge on any atom is 0.0485 e. The molecule has 102 valence electrons. The fraction of sp³-hybridized carbons (Fsp3) is 0.263. The van der Waals surface area contributed by atoms with Gasteiger partial charge in [0.25, 0.3) is 0 Å². The summed E-state index contributed by atoms with van der Waals surface area (Å²) < 4.78 is 0. The Morgan fingerprint density at radius 2 is 1.90 bits per heavy atom. The number of terminal acetylenes is 1. The van der Waals surface area contributed by atoms with Crippen LogP contribution in [0.15, 0.2) is 48.5 Å². The van der Waals surface area contributed by atoms with Crippen molar-refractivity contribution in [3.05, 3.63) is 65.2 Å². The monoisotopic (exact) mass is 263 g/mol. The first-order valence-corrected chi connectivity index (χ1v) is 7.15. The number of benzene rings is 2. The third-order valence-corrected chi connectivity index (χ3v) is 3.43.